The molecule has 2 N–H and O–H groups in total. The van der Waals surface area contributed by atoms with Crippen LogP contribution < -0.4 is 5.32 Å². The summed E-state index contributed by atoms with van der Waals surface area (Å²) in [6, 6.07) is 7.10. The molecule has 1 saturated carbocycles. The highest BCUT2D eigenvalue weighted by Crippen LogP contribution is 2.32. The van der Waals surface area contributed by atoms with Gasteiger partial charge in [-0.25, -0.2) is 4.79 Å². The summed E-state index contributed by atoms with van der Waals surface area (Å²) < 4.78 is 21.5. The van der Waals surface area contributed by atoms with Crippen LogP contribution in [0.25, 0.3) is 0 Å². The number of hydrogen-bond acceptors (Lipinski definition) is 7. The molecule has 1 aromatic carbocycles. The maximum absolute atomic E-state index is 12.6. The zero-order chi connectivity index (χ0) is 21.3. The van der Waals surface area contributed by atoms with Gasteiger partial charge in [0.2, 0.25) is 6.29 Å². The Kier molecular flexibility index (Phi) is 8.24. The standard InChI is InChI=1S/C22H29NO7/c1-27-22(26)17-6-4-16(5-7-17)18-12-19(21(25)23-14-15-2-3-15)30-20(13-18)29-11-10-28-9-8-24/h4-7,12,15,18,20,24H,2-3,8-11,13-14H2,1H3,(H,23,25). The van der Waals surface area contributed by atoms with Gasteiger partial charge in [-0.15, -0.1) is 0 Å². The molecule has 0 radical (unpaired) electrons. The van der Waals surface area contributed by atoms with E-state index in [1.165, 1.54) is 7.11 Å². The number of nitrogens with one attached hydrogen (secondary N) is 1. The molecule has 0 bridgehead atoms. The van der Waals surface area contributed by atoms with Crippen molar-refractivity contribution in [2.45, 2.75) is 31.5 Å². The van der Waals surface area contributed by atoms with Gasteiger partial charge in [0.15, 0.2) is 5.76 Å². The second kappa shape index (κ2) is 11.1. The summed E-state index contributed by atoms with van der Waals surface area (Å²) in [7, 11) is 1.34. The Morgan fingerprint density at radius 3 is 2.60 bits per heavy atom. The van der Waals surface area contributed by atoms with Crippen LogP contribution in [0.3, 0.4) is 0 Å². The van der Waals surface area contributed by atoms with Crippen LogP contribution in [-0.2, 0) is 23.7 Å². The highest BCUT2D eigenvalue weighted by atomic mass is 16.7. The van der Waals surface area contributed by atoms with Gasteiger partial charge in [-0.05, 0) is 42.5 Å². The third kappa shape index (κ3) is 6.55. The molecule has 1 fully saturated rings. The minimum Gasteiger partial charge on any atom is -0.465 e. The van der Waals surface area contributed by atoms with Crippen molar-refractivity contribution < 1.29 is 33.6 Å². The molecule has 1 amide bonds. The second-order valence-electron chi connectivity index (χ2n) is 7.39. The van der Waals surface area contributed by atoms with E-state index in [0.717, 1.165) is 18.4 Å². The molecular weight excluding hydrogens is 390 g/mol. The highest BCUT2D eigenvalue weighted by Gasteiger charge is 2.30. The lowest BCUT2D eigenvalue weighted by Crippen LogP contribution is -2.34. The minimum absolute atomic E-state index is 0.0440. The normalized spacial score (nSPS) is 20.8. The number of carbonyl (C=O) groups excluding carboxylic acids is 2. The third-order valence-corrected chi connectivity index (χ3v) is 5.06. The number of allylic oxidation sites excluding steroid dienone is 1. The van der Waals surface area contributed by atoms with Crippen LogP contribution in [0.4, 0.5) is 0 Å². The molecule has 30 heavy (non-hydrogen) atoms. The maximum Gasteiger partial charge on any atom is 0.337 e. The van der Waals surface area contributed by atoms with Gasteiger partial charge in [0.1, 0.15) is 0 Å². The van der Waals surface area contributed by atoms with Crippen molar-refractivity contribution in [1.82, 2.24) is 5.32 Å². The quantitative estimate of drug-likeness (QED) is 0.416. The van der Waals surface area contributed by atoms with E-state index in [9.17, 15) is 9.59 Å². The number of hydrogen-bond donors (Lipinski definition) is 2. The second-order valence-corrected chi connectivity index (χ2v) is 7.39. The Morgan fingerprint density at radius 1 is 1.17 bits per heavy atom. The van der Waals surface area contributed by atoms with E-state index in [-0.39, 0.29) is 37.4 Å². The minimum atomic E-state index is -0.598. The Morgan fingerprint density at radius 2 is 1.93 bits per heavy atom. The first-order valence-electron chi connectivity index (χ1n) is 10.3. The van der Waals surface area contributed by atoms with Crippen LogP contribution in [0.1, 0.15) is 41.1 Å². The molecule has 0 spiro atoms. The molecule has 0 aromatic heterocycles. The van der Waals surface area contributed by atoms with Gasteiger partial charge in [0.25, 0.3) is 5.91 Å². The fourth-order valence-electron chi connectivity index (χ4n) is 3.19. The number of aliphatic hydroxyl groups excluding tert-OH is 1. The first-order chi connectivity index (χ1) is 14.6. The summed E-state index contributed by atoms with van der Waals surface area (Å²) >= 11 is 0. The summed E-state index contributed by atoms with van der Waals surface area (Å²) in [5.41, 5.74) is 1.41. The number of benzene rings is 1. The lowest BCUT2D eigenvalue weighted by atomic mass is 9.92. The first-order valence-corrected chi connectivity index (χ1v) is 10.3. The van der Waals surface area contributed by atoms with Crippen molar-refractivity contribution in [3.8, 4) is 0 Å². The Balaban J connectivity index is 1.67. The molecule has 0 saturated heterocycles. The van der Waals surface area contributed by atoms with Crippen molar-refractivity contribution in [2.75, 3.05) is 40.1 Å². The Hall–Kier alpha value is -2.42. The summed E-state index contributed by atoms with van der Waals surface area (Å²) in [6.45, 7) is 1.47. The van der Waals surface area contributed by atoms with Crippen molar-refractivity contribution in [1.29, 1.82) is 0 Å². The van der Waals surface area contributed by atoms with E-state index in [0.29, 0.717) is 31.1 Å². The van der Waals surface area contributed by atoms with E-state index in [1.807, 2.05) is 12.1 Å². The molecule has 1 aromatic rings. The molecule has 2 unspecified atom stereocenters. The number of amides is 1. The van der Waals surface area contributed by atoms with Crippen molar-refractivity contribution >= 4 is 11.9 Å². The SMILES string of the molecule is COC(=O)c1ccc(C2C=C(C(=O)NCC3CC3)OC(OCCOCCO)C2)cc1. The van der Waals surface area contributed by atoms with E-state index in [1.54, 1.807) is 18.2 Å². The highest BCUT2D eigenvalue weighted by molar-refractivity contribution is 5.92. The molecule has 1 aliphatic carbocycles. The predicted molar refractivity (Wildman–Crippen MR) is 108 cm³/mol. The van der Waals surface area contributed by atoms with Gasteiger partial charge < -0.3 is 29.4 Å². The van der Waals surface area contributed by atoms with Crippen LogP contribution in [0.15, 0.2) is 36.1 Å². The zero-order valence-corrected chi connectivity index (χ0v) is 17.2. The molecule has 164 valence electrons. The molecule has 2 atom stereocenters. The van der Waals surface area contributed by atoms with Gasteiger partial charge in [0.05, 0.1) is 39.1 Å². The van der Waals surface area contributed by atoms with Crippen LogP contribution in [0.2, 0.25) is 0 Å². The average Bonchev–Trinajstić information content (AvgIpc) is 3.61. The predicted octanol–water partition coefficient (Wildman–Crippen LogP) is 1.74. The largest absolute Gasteiger partial charge is 0.465 e. The van der Waals surface area contributed by atoms with Crippen LogP contribution in [0.5, 0.6) is 0 Å². The number of ether oxygens (including phenoxy) is 4. The van der Waals surface area contributed by atoms with Gasteiger partial charge >= 0.3 is 5.97 Å². The summed E-state index contributed by atoms with van der Waals surface area (Å²) in [6.07, 6.45) is 4.03. The average molecular weight is 419 g/mol. The first kappa shape index (κ1) is 22.3. The van der Waals surface area contributed by atoms with E-state index >= 15 is 0 Å². The fraction of sp³-hybridized carbons (Fsp3) is 0.545. The van der Waals surface area contributed by atoms with Crippen molar-refractivity contribution in [2.24, 2.45) is 5.92 Å². The Bertz CT molecular complexity index is 742. The fourth-order valence-corrected chi connectivity index (χ4v) is 3.19. The van der Waals surface area contributed by atoms with E-state index in [2.05, 4.69) is 5.32 Å². The number of carbonyl (C=O) groups is 2. The molecule has 2 aliphatic rings. The third-order valence-electron chi connectivity index (χ3n) is 5.06. The smallest absolute Gasteiger partial charge is 0.337 e. The van der Waals surface area contributed by atoms with Crippen LogP contribution in [0, 0.1) is 5.92 Å². The number of esters is 1. The molecule has 1 aliphatic heterocycles. The molecule has 8 nitrogen and oxygen atoms in total. The Labute approximate surface area is 176 Å². The maximum atomic E-state index is 12.6. The van der Waals surface area contributed by atoms with Crippen molar-refractivity contribution in [3.63, 3.8) is 0 Å². The van der Waals surface area contributed by atoms with Gasteiger partial charge in [0, 0.05) is 18.9 Å². The van der Waals surface area contributed by atoms with Crippen LogP contribution in [-0.4, -0.2) is 63.4 Å². The van der Waals surface area contributed by atoms with Gasteiger partial charge in [-0.1, -0.05) is 12.1 Å². The van der Waals surface area contributed by atoms with Crippen molar-refractivity contribution in [3.05, 3.63) is 47.2 Å². The lowest BCUT2D eigenvalue weighted by Gasteiger charge is -2.29. The number of methoxy groups -OCH3 is 1. The topological polar surface area (TPSA) is 103 Å². The van der Waals surface area contributed by atoms with Gasteiger partial charge in [-0.3, -0.25) is 4.79 Å². The molecule has 3 rings (SSSR count). The number of rotatable bonds is 11. The molecular formula is C22H29NO7. The summed E-state index contributed by atoms with van der Waals surface area (Å²) in [4.78, 5) is 24.2. The molecule has 8 heteroatoms. The lowest BCUT2D eigenvalue weighted by molar-refractivity contribution is -0.151. The van der Waals surface area contributed by atoms with Gasteiger partial charge in [-0.2, -0.15) is 0 Å². The summed E-state index contributed by atoms with van der Waals surface area (Å²) in [5, 5.41) is 11.7. The number of aliphatic hydroxyl groups is 1. The van der Waals surface area contributed by atoms with E-state index < -0.39 is 12.3 Å². The monoisotopic (exact) mass is 419 g/mol. The summed E-state index contributed by atoms with van der Waals surface area (Å²) in [5.74, 6) is 0.0624. The van der Waals surface area contributed by atoms with Crippen LogP contribution >= 0.6 is 0 Å². The zero-order valence-electron chi connectivity index (χ0n) is 17.2. The molecule has 1 heterocycles. The van der Waals surface area contributed by atoms with E-state index in [4.69, 9.17) is 24.1 Å².